The average molecular weight is 145 g/mol. The van der Waals surface area contributed by atoms with E-state index in [1.54, 1.807) is 6.92 Å². The van der Waals surface area contributed by atoms with Crippen molar-refractivity contribution in [2.24, 2.45) is 0 Å². The Morgan fingerprint density at radius 2 is 1.80 bits per heavy atom. The highest BCUT2D eigenvalue weighted by atomic mass is 16.3. The molecule has 1 radical (unpaired) electrons. The average Bonchev–Trinajstić information content (AvgIpc) is 1.85. The monoisotopic (exact) mass is 145 g/mol. The maximum absolute atomic E-state index is 9.15. The fourth-order valence-electron chi connectivity index (χ4n) is 0.814. The molecule has 10 heavy (non-hydrogen) atoms. The summed E-state index contributed by atoms with van der Waals surface area (Å²) >= 11 is 0. The van der Waals surface area contributed by atoms with E-state index in [-0.39, 0.29) is 12.2 Å². The summed E-state index contributed by atoms with van der Waals surface area (Å²) in [5.74, 6) is 0. The molecule has 0 aliphatic heterocycles. The lowest BCUT2D eigenvalue weighted by molar-refractivity contribution is 0.117. The molecule has 2 unspecified atom stereocenters. The summed E-state index contributed by atoms with van der Waals surface area (Å²) < 4.78 is 0. The molecule has 2 heteroatoms. The fraction of sp³-hybridized carbons (Fsp3) is 0.875. The lowest BCUT2D eigenvalue weighted by Gasteiger charge is -2.09. The molecule has 0 saturated carbocycles. The Morgan fingerprint density at radius 1 is 1.20 bits per heavy atom. The molecule has 0 fully saturated rings. The molecule has 0 aromatic rings. The number of aliphatic hydroxyl groups is 2. The zero-order valence-electron chi connectivity index (χ0n) is 6.58. The van der Waals surface area contributed by atoms with Gasteiger partial charge in [0.05, 0.1) is 12.2 Å². The normalized spacial score (nSPS) is 16.8. The first-order chi connectivity index (χ1) is 4.66. The van der Waals surface area contributed by atoms with Crippen LogP contribution >= 0.6 is 0 Å². The van der Waals surface area contributed by atoms with Gasteiger partial charge in [0.25, 0.3) is 0 Å². The second-order valence-electron chi connectivity index (χ2n) is 2.72. The minimum atomic E-state index is -0.292. The first kappa shape index (κ1) is 9.92. The largest absolute Gasteiger partial charge is 0.393 e. The Balaban J connectivity index is 3.12. The highest BCUT2D eigenvalue weighted by Crippen LogP contribution is 2.05. The van der Waals surface area contributed by atoms with E-state index in [1.165, 1.54) is 0 Å². The summed E-state index contributed by atoms with van der Waals surface area (Å²) in [5.41, 5.74) is 0. The molecule has 0 aliphatic carbocycles. The predicted octanol–water partition coefficient (Wildman–Crippen LogP) is 1.12. The van der Waals surface area contributed by atoms with Gasteiger partial charge in [-0.05, 0) is 26.2 Å². The molecular formula is C8H17O2. The van der Waals surface area contributed by atoms with Crippen molar-refractivity contribution in [3.8, 4) is 0 Å². The molecule has 0 spiro atoms. The smallest absolute Gasteiger partial charge is 0.0541 e. The van der Waals surface area contributed by atoms with Crippen LogP contribution in [-0.2, 0) is 0 Å². The quantitative estimate of drug-likeness (QED) is 0.608. The third-order valence-corrected chi connectivity index (χ3v) is 1.46. The number of hydrogen-bond acceptors (Lipinski definition) is 2. The Hall–Kier alpha value is -0.0800. The molecule has 0 saturated heterocycles. The van der Waals surface area contributed by atoms with Crippen molar-refractivity contribution < 1.29 is 10.2 Å². The zero-order valence-corrected chi connectivity index (χ0v) is 6.58. The Kier molecular flexibility index (Phi) is 5.64. The van der Waals surface area contributed by atoms with Crippen LogP contribution in [0.2, 0.25) is 0 Å². The number of aliphatic hydroxyl groups excluding tert-OH is 2. The van der Waals surface area contributed by atoms with Crippen LogP contribution in [0.5, 0.6) is 0 Å². The molecule has 0 aromatic heterocycles. The van der Waals surface area contributed by atoms with Gasteiger partial charge in [-0.15, -0.1) is 0 Å². The van der Waals surface area contributed by atoms with Crippen LogP contribution in [0.15, 0.2) is 0 Å². The van der Waals surface area contributed by atoms with E-state index in [9.17, 15) is 0 Å². The highest BCUT2D eigenvalue weighted by Gasteiger charge is 2.03. The molecule has 0 heterocycles. The minimum absolute atomic E-state index is 0.271. The number of hydrogen-bond donors (Lipinski definition) is 2. The third kappa shape index (κ3) is 6.05. The SMILES string of the molecule is [CH2]CCC(O)CCC(C)O. The van der Waals surface area contributed by atoms with Crippen LogP contribution in [0.3, 0.4) is 0 Å². The predicted molar refractivity (Wildman–Crippen MR) is 41.5 cm³/mol. The van der Waals surface area contributed by atoms with Crippen LogP contribution in [0.1, 0.15) is 32.6 Å². The molecule has 2 nitrogen and oxygen atoms in total. The van der Waals surface area contributed by atoms with Crippen molar-refractivity contribution in [2.75, 3.05) is 0 Å². The lowest BCUT2D eigenvalue weighted by Crippen LogP contribution is -2.10. The third-order valence-electron chi connectivity index (χ3n) is 1.46. The van der Waals surface area contributed by atoms with E-state index >= 15 is 0 Å². The van der Waals surface area contributed by atoms with Crippen molar-refractivity contribution in [1.82, 2.24) is 0 Å². The van der Waals surface area contributed by atoms with Crippen molar-refractivity contribution >= 4 is 0 Å². The molecular weight excluding hydrogens is 128 g/mol. The van der Waals surface area contributed by atoms with Gasteiger partial charge in [0.1, 0.15) is 0 Å². The summed E-state index contributed by atoms with van der Waals surface area (Å²) in [4.78, 5) is 0. The van der Waals surface area contributed by atoms with Gasteiger partial charge in [-0.2, -0.15) is 0 Å². The van der Waals surface area contributed by atoms with E-state index in [0.717, 1.165) is 12.8 Å². The summed E-state index contributed by atoms with van der Waals surface area (Å²) in [6.45, 7) is 5.36. The first-order valence-electron chi connectivity index (χ1n) is 3.82. The first-order valence-corrected chi connectivity index (χ1v) is 3.82. The molecule has 2 atom stereocenters. The second-order valence-corrected chi connectivity index (χ2v) is 2.72. The fourth-order valence-corrected chi connectivity index (χ4v) is 0.814. The minimum Gasteiger partial charge on any atom is -0.393 e. The van der Waals surface area contributed by atoms with Gasteiger partial charge in [-0.1, -0.05) is 13.3 Å². The van der Waals surface area contributed by atoms with Crippen molar-refractivity contribution in [2.45, 2.75) is 44.8 Å². The lowest BCUT2D eigenvalue weighted by atomic mass is 10.1. The van der Waals surface area contributed by atoms with Crippen LogP contribution in [0.4, 0.5) is 0 Å². The van der Waals surface area contributed by atoms with Crippen LogP contribution in [-0.4, -0.2) is 22.4 Å². The standard InChI is InChI=1S/C8H17O2/c1-3-4-8(10)6-5-7(2)9/h7-10H,1,3-6H2,2H3. The van der Waals surface area contributed by atoms with Gasteiger partial charge in [-0.3, -0.25) is 0 Å². The summed E-state index contributed by atoms with van der Waals surface area (Å²) in [6.07, 6.45) is 2.31. The maximum atomic E-state index is 9.15. The van der Waals surface area contributed by atoms with Crippen molar-refractivity contribution in [3.63, 3.8) is 0 Å². The van der Waals surface area contributed by atoms with E-state index < -0.39 is 0 Å². The van der Waals surface area contributed by atoms with Crippen molar-refractivity contribution in [1.29, 1.82) is 0 Å². The zero-order chi connectivity index (χ0) is 7.98. The molecule has 2 N–H and O–H groups in total. The molecule has 0 aliphatic rings. The molecule has 0 rings (SSSR count). The van der Waals surface area contributed by atoms with Gasteiger partial charge < -0.3 is 10.2 Å². The Bertz CT molecular complexity index is 71.7. The molecule has 0 bridgehead atoms. The van der Waals surface area contributed by atoms with E-state index in [0.29, 0.717) is 12.8 Å². The second kappa shape index (κ2) is 5.69. The van der Waals surface area contributed by atoms with E-state index in [4.69, 9.17) is 10.2 Å². The van der Waals surface area contributed by atoms with Gasteiger partial charge in [0, 0.05) is 0 Å². The van der Waals surface area contributed by atoms with Crippen molar-refractivity contribution in [3.05, 3.63) is 6.92 Å². The van der Waals surface area contributed by atoms with E-state index in [2.05, 4.69) is 6.92 Å². The molecule has 61 valence electrons. The number of rotatable bonds is 5. The van der Waals surface area contributed by atoms with Crippen LogP contribution in [0.25, 0.3) is 0 Å². The molecule has 0 amide bonds. The topological polar surface area (TPSA) is 40.5 Å². The highest BCUT2D eigenvalue weighted by molar-refractivity contribution is 4.58. The van der Waals surface area contributed by atoms with Crippen LogP contribution in [0, 0.1) is 6.92 Å². The van der Waals surface area contributed by atoms with Gasteiger partial charge in [-0.25, -0.2) is 0 Å². The Labute approximate surface area is 62.9 Å². The van der Waals surface area contributed by atoms with Gasteiger partial charge in [0.2, 0.25) is 0 Å². The maximum Gasteiger partial charge on any atom is 0.0541 e. The summed E-state index contributed by atoms with van der Waals surface area (Å²) in [5, 5.41) is 18.0. The van der Waals surface area contributed by atoms with E-state index in [1.807, 2.05) is 0 Å². The van der Waals surface area contributed by atoms with Gasteiger partial charge in [0.15, 0.2) is 0 Å². The molecule has 0 aromatic carbocycles. The van der Waals surface area contributed by atoms with Crippen LogP contribution < -0.4 is 0 Å². The summed E-state index contributed by atoms with van der Waals surface area (Å²) in [7, 11) is 0. The Morgan fingerprint density at radius 3 is 2.20 bits per heavy atom. The summed E-state index contributed by atoms with van der Waals surface area (Å²) in [6, 6.07) is 0. The van der Waals surface area contributed by atoms with Gasteiger partial charge >= 0.3 is 0 Å².